The van der Waals surface area contributed by atoms with E-state index >= 15 is 0 Å². The van der Waals surface area contributed by atoms with E-state index in [2.05, 4.69) is 13.8 Å². The molecule has 0 saturated heterocycles. The molecule has 15 heavy (non-hydrogen) atoms. The highest BCUT2D eigenvalue weighted by molar-refractivity contribution is 5.94. The van der Waals surface area contributed by atoms with Gasteiger partial charge in [0.25, 0.3) is 0 Å². The average Bonchev–Trinajstić information content (AvgIpc) is 1.98. The van der Waals surface area contributed by atoms with Crippen molar-refractivity contribution < 1.29 is 9.59 Å². The molecule has 1 aliphatic rings. The summed E-state index contributed by atoms with van der Waals surface area (Å²) in [5.41, 5.74) is 1.16. The lowest BCUT2D eigenvalue weighted by Gasteiger charge is -2.36. The van der Waals surface area contributed by atoms with E-state index in [0.717, 1.165) is 12.0 Å². The van der Waals surface area contributed by atoms with Crippen molar-refractivity contribution in [3.8, 4) is 0 Å². The van der Waals surface area contributed by atoms with Crippen LogP contribution in [0, 0.1) is 11.3 Å². The third kappa shape index (κ3) is 3.01. The number of Topliss-reactive ketones (excluding diaryl/α,β-unsaturated/α-hetero) is 1. The van der Waals surface area contributed by atoms with Gasteiger partial charge in [0.15, 0.2) is 5.78 Å². The van der Waals surface area contributed by atoms with E-state index in [0.29, 0.717) is 12.8 Å². The first-order valence-electron chi connectivity index (χ1n) is 5.53. The summed E-state index contributed by atoms with van der Waals surface area (Å²) in [5, 5.41) is 0. The van der Waals surface area contributed by atoms with Gasteiger partial charge in [0.1, 0.15) is 5.78 Å². The first-order valence-corrected chi connectivity index (χ1v) is 5.53. The molecule has 0 bridgehead atoms. The number of hydrogen-bond donors (Lipinski definition) is 0. The Kier molecular flexibility index (Phi) is 3.48. The number of carbonyl (C=O) groups excluding carboxylic acids is 2. The molecular weight excluding hydrogens is 188 g/mol. The van der Waals surface area contributed by atoms with Crippen molar-refractivity contribution in [1.82, 2.24) is 0 Å². The summed E-state index contributed by atoms with van der Waals surface area (Å²) < 4.78 is 0. The Bertz CT molecular complexity index is 310. The van der Waals surface area contributed by atoms with E-state index in [1.165, 1.54) is 0 Å². The minimum Gasteiger partial charge on any atom is -0.300 e. The van der Waals surface area contributed by atoms with Gasteiger partial charge in [-0.1, -0.05) is 19.4 Å². The van der Waals surface area contributed by atoms with E-state index in [1.807, 2.05) is 6.92 Å². The van der Waals surface area contributed by atoms with Crippen LogP contribution in [0.2, 0.25) is 0 Å². The van der Waals surface area contributed by atoms with E-state index in [-0.39, 0.29) is 22.9 Å². The van der Waals surface area contributed by atoms with Gasteiger partial charge in [0, 0.05) is 12.3 Å². The van der Waals surface area contributed by atoms with Gasteiger partial charge in [0.2, 0.25) is 0 Å². The fraction of sp³-hybridized carbons (Fsp3) is 0.692. The Hall–Kier alpha value is -0.920. The molecule has 1 atom stereocenters. The van der Waals surface area contributed by atoms with Crippen LogP contribution < -0.4 is 0 Å². The topological polar surface area (TPSA) is 34.1 Å². The summed E-state index contributed by atoms with van der Waals surface area (Å²) >= 11 is 0. The van der Waals surface area contributed by atoms with Crippen LogP contribution in [0.25, 0.3) is 0 Å². The largest absolute Gasteiger partial charge is 0.300 e. The molecule has 2 nitrogen and oxygen atoms in total. The van der Waals surface area contributed by atoms with Crippen LogP contribution in [0.3, 0.4) is 0 Å². The molecule has 0 N–H and O–H groups in total. The molecule has 0 saturated carbocycles. The van der Waals surface area contributed by atoms with Gasteiger partial charge in [-0.05, 0) is 38.2 Å². The predicted octanol–water partition coefficient (Wildman–Crippen LogP) is 2.92. The maximum absolute atomic E-state index is 11.8. The van der Waals surface area contributed by atoms with Gasteiger partial charge in [0.05, 0.1) is 0 Å². The Labute approximate surface area is 91.7 Å². The monoisotopic (exact) mass is 208 g/mol. The molecule has 2 heteroatoms. The number of carbonyl (C=O) groups is 2. The third-order valence-electron chi connectivity index (χ3n) is 3.19. The van der Waals surface area contributed by atoms with Gasteiger partial charge in [-0.15, -0.1) is 0 Å². The van der Waals surface area contributed by atoms with Crippen molar-refractivity contribution in [1.29, 1.82) is 0 Å². The minimum atomic E-state index is 0.00532. The average molecular weight is 208 g/mol. The fourth-order valence-corrected chi connectivity index (χ4v) is 2.50. The molecular formula is C13H20O2. The van der Waals surface area contributed by atoms with Crippen LogP contribution in [0.1, 0.15) is 47.0 Å². The summed E-state index contributed by atoms with van der Waals surface area (Å²) in [5.74, 6) is 0.389. The smallest absolute Gasteiger partial charge is 0.159 e. The van der Waals surface area contributed by atoms with E-state index in [9.17, 15) is 9.59 Å². The fourth-order valence-electron chi connectivity index (χ4n) is 2.50. The lowest BCUT2D eigenvalue weighted by molar-refractivity contribution is -0.123. The SMILES string of the molecule is CC(=O)CCC1C(=O)C=C(C)CC1(C)C. The maximum atomic E-state index is 11.8. The number of hydrogen-bond acceptors (Lipinski definition) is 2. The Morgan fingerprint density at radius 2 is 2.13 bits per heavy atom. The normalized spacial score (nSPS) is 24.9. The quantitative estimate of drug-likeness (QED) is 0.714. The summed E-state index contributed by atoms with van der Waals surface area (Å²) in [6.45, 7) is 7.82. The lowest BCUT2D eigenvalue weighted by Crippen LogP contribution is -2.34. The first kappa shape index (κ1) is 12.2. The molecule has 1 aliphatic carbocycles. The van der Waals surface area contributed by atoms with Crippen molar-refractivity contribution in [3.63, 3.8) is 0 Å². The molecule has 84 valence electrons. The van der Waals surface area contributed by atoms with Crippen LogP contribution in [-0.4, -0.2) is 11.6 Å². The molecule has 0 heterocycles. The second-order valence-electron chi connectivity index (χ2n) is 5.35. The second kappa shape index (κ2) is 4.30. The van der Waals surface area contributed by atoms with Crippen LogP contribution in [0.5, 0.6) is 0 Å². The zero-order chi connectivity index (χ0) is 11.6. The second-order valence-corrected chi connectivity index (χ2v) is 5.35. The van der Waals surface area contributed by atoms with Crippen molar-refractivity contribution in [2.24, 2.45) is 11.3 Å². The molecule has 0 aromatic rings. The molecule has 0 aromatic carbocycles. The maximum Gasteiger partial charge on any atom is 0.159 e. The van der Waals surface area contributed by atoms with E-state index in [4.69, 9.17) is 0 Å². The Morgan fingerprint density at radius 3 is 2.60 bits per heavy atom. The molecule has 1 rings (SSSR count). The zero-order valence-electron chi connectivity index (χ0n) is 10.1. The summed E-state index contributed by atoms with van der Waals surface area (Å²) in [6.07, 6.45) is 3.93. The van der Waals surface area contributed by atoms with Gasteiger partial charge < -0.3 is 4.79 Å². The minimum absolute atomic E-state index is 0.00532. The number of allylic oxidation sites excluding steroid dienone is 2. The number of rotatable bonds is 3. The lowest BCUT2D eigenvalue weighted by atomic mass is 9.67. The van der Waals surface area contributed by atoms with Gasteiger partial charge in [-0.25, -0.2) is 0 Å². The Morgan fingerprint density at radius 1 is 1.53 bits per heavy atom. The molecule has 0 fully saturated rings. The van der Waals surface area contributed by atoms with Crippen LogP contribution >= 0.6 is 0 Å². The molecule has 0 aliphatic heterocycles. The Balaban J connectivity index is 2.77. The molecule has 0 radical (unpaired) electrons. The van der Waals surface area contributed by atoms with Crippen LogP contribution in [0.15, 0.2) is 11.6 Å². The summed E-state index contributed by atoms with van der Waals surface area (Å²) in [7, 11) is 0. The third-order valence-corrected chi connectivity index (χ3v) is 3.19. The number of ketones is 2. The first-order chi connectivity index (χ1) is 6.83. The molecule has 0 spiro atoms. The van der Waals surface area contributed by atoms with Gasteiger partial charge >= 0.3 is 0 Å². The van der Waals surface area contributed by atoms with Crippen molar-refractivity contribution in [2.75, 3.05) is 0 Å². The van der Waals surface area contributed by atoms with Crippen molar-refractivity contribution in [3.05, 3.63) is 11.6 Å². The predicted molar refractivity (Wildman–Crippen MR) is 60.6 cm³/mol. The standard InChI is InChI=1S/C13H20O2/c1-9-7-12(15)11(6-5-10(2)14)13(3,4)8-9/h7,11H,5-6,8H2,1-4H3. The van der Waals surface area contributed by atoms with Crippen LogP contribution in [-0.2, 0) is 9.59 Å². The zero-order valence-corrected chi connectivity index (χ0v) is 10.1. The molecule has 0 amide bonds. The van der Waals surface area contributed by atoms with Crippen molar-refractivity contribution in [2.45, 2.75) is 47.0 Å². The molecule has 0 aromatic heterocycles. The van der Waals surface area contributed by atoms with Crippen LogP contribution in [0.4, 0.5) is 0 Å². The highest BCUT2D eigenvalue weighted by Crippen LogP contribution is 2.40. The van der Waals surface area contributed by atoms with Crippen molar-refractivity contribution >= 4 is 11.6 Å². The van der Waals surface area contributed by atoms with Gasteiger partial charge in [-0.3, -0.25) is 4.79 Å². The van der Waals surface area contributed by atoms with Gasteiger partial charge in [-0.2, -0.15) is 0 Å². The highest BCUT2D eigenvalue weighted by atomic mass is 16.1. The molecule has 1 unspecified atom stereocenters. The summed E-state index contributed by atoms with van der Waals surface area (Å²) in [4.78, 5) is 22.8. The highest BCUT2D eigenvalue weighted by Gasteiger charge is 2.36. The summed E-state index contributed by atoms with van der Waals surface area (Å²) in [6, 6.07) is 0. The van der Waals surface area contributed by atoms with E-state index < -0.39 is 0 Å². The van der Waals surface area contributed by atoms with E-state index in [1.54, 1.807) is 13.0 Å².